The minimum absolute atomic E-state index is 0.182. The molecular formula is C14H21BrN2O. The molecule has 1 aliphatic rings. The van der Waals surface area contributed by atoms with E-state index in [1.807, 2.05) is 0 Å². The van der Waals surface area contributed by atoms with E-state index in [4.69, 9.17) is 0 Å². The summed E-state index contributed by atoms with van der Waals surface area (Å²) in [7, 11) is 0. The van der Waals surface area contributed by atoms with Crippen LogP contribution < -0.4 is 10.2 Å². The van der Waals surface area contributed by atoms with E-state index in [0.717, 1.165) is 43.5 Å². The van der Waals surface area contributed by atoms with Crippen LogP contribution in [0.15, 0.2) is 22.7 Å². The second-order valence-corrected chi connectivity index (χ2v) is 5.65. The van der Waals surface area contributed by atoms with E-state index in [0.29, 0.717) is 0 Å². The molecule has 1 aromatic rings. The van der Waals surface area contributed by atoms with Crippen molar-refractivity contribution in [1.29, 1.82) is 0 Å². The average molecular weight is 313 g/mol. The summed E-state index contributed by atoms with van der Waals surface area (Å²) in [5.74, 6) is 0. The molecule has 1 atom stereocenters. The maximum Gasteiger partial charge on any atom is 0.0715 e. The molecule has 4 heteroatoms. The number of piperidine rings is 1. The van der Waals surface area contributed by atoms with Crippen molar-refractivity contribution in [3.8, 4) is 0 Å². The number of halogens is 1. The van der Waals surface area contributed by atoms with Crippen LogP contribution in [0.25, 0.3) is 0 Å². The summed E-state index contributed by atoms with van der Waals surface area (Å²) in [6.07, 6.45) is 1.81. The number of hydrogen-bond donors (Lipinski definition) is 2. The second-order valence-electron chi connectivity index (χ2n) is 4.80. The van der Waals surface area contributed by atoms with Crippen LogP contribution in [0, 0.1) is 0 Å². The Labute approximate surface area is 117 Å². The van der Waals surface area contributed by atoms with Crippen LogP contribution in [0.5, 0.6) is 0 Å². The van der Waals surface area contributed by atoms with Crippen molar-refractivity contribution in [3.63, 3.8) is 0 Å². The van der Waals surface area contributed by atoms with Gasteiger partial charge in [0.1, 0.15) is 0 Å². The SMILES string of the molecule is CCNCc1ccc(N2CCCC(O)C2)cc1Br. The molecule has 0 spiro atoms. The molecule has 1 saturated heterocycles. The van der Waals surface area contributed by atoms with Crippen LogP contribution in [0.4, 0.5) is 5.69 Å². The van der Waals surface area contributed by atoms with Gasteiger partial charge in [0.05, 0.1) is 6.10 Å². The monoisotopic (exact) mass is 312 g/mol. The summed E-state index contributed by atoms with van der Waals surface area (Å²) < 4.78 is 1.14. The Bertz CT molecular complexity index is 397. The number of rotatable bonds is 4. The average Bonchev–Trinajstić information content (AvgIpc) is 2.37. The Balaban J connectivity index is 2.07. The lowest BCUT2D eigenvalue weighted by molar-refractivity contribution is 0.154. The normalized spacial score (nSPS) is 20.2. The zero-order valence-electron chi connectivity index (χ0n) is 10.8. The van der Waals surface area contributed by atoms with Gasteiger partial charge in [-0.3, -0.25) is 0 Å². The van der Waals surface area contributed by atoms with Gasteiger partial charge >= 0.3 is 0 Å². The Kier molecular flexibility index (Phi) is 5.03. The van der Waals surface area contributed by atoms with Crippen LogP contribution in [0.2, 0.25) is 0 Å². The summed E-state index contributed by atoms with van der Waals surface area (Å²) in [5, 5.41) is 13.0. The summed E-state index contributed by atoms with van der Waals surface area (Å²) in [5.41, 5.74) is 2.47. The van der Waals surface area contributed by atoms with Gasteiger partial charge < -0.3 is 15.3 Å². The molecule has 18 heavy (non-hydrogen) atoms. The molecule has 2 N–H and O–H groups in total. The molecule has 0 amide bonds. The predicted octanol–water partition coefficient (Wildman–Crippen LogP) is 2.52. The zero-order chi connectivity index (χ0) is 13.0. The Morgan fingerprint density at radius 2 is 2.33 bits per heavy atom. The van der Waals surface area contributed by atoms with Crippen molar-refractivity contribution >= 4 is 21.6 Å². The van der Waals surface area contributed by atoms with E-state index in [1.165, 1.54) is 11.3 Å². The number of aliphatic hydroxyl groups excluding tert-OH is 1. The van der Waals surface area contributed by atoms with E-state index in [1.54, 1.807) is 0 Å². The summed E-state index contributed by atoms with van der Waals surface area (Å²) in [6, 6.07) is 6.46. The molecule has 0 saturated carbocycles. The molecule has 0 aromatic heterocycles. The third-order valence-corrected chi connectivity index (χ3v) is 4.10. The second kappa shape index (κ2) is 6.55. The van der Waals surface area contributed by atoms with Crippen LogP contribution in [0.3, 0.4) is 0 Å². The Morgan fingerprint density at radius 3 is 3.00 bits per heavy atom. The van der Waals surface area contributed by atoms with Gasteiger partial charge in [0.15, 0.2) is 0 Å². The number of nitrogens with one attached hydrogen (secondary N) is 1. The Morgan fingerprint density at radius 1 is 1.50 bits per heavy atom. The molecule has 2 rings (SSSR count). The van der Waals surface area contributed by atoms with Gasteiger partial charge in [-0.2, -0.15) is 0 Å². The zero-order valence-corrected chi connectivity index (χ0v) is 12.4. The molecule has 0 aliphatic carbocycles. The number of β-amino-alcohol motifs (C(OH)–C–C–N with tert-alkyl or cyclic N) is 1. The van der Waals surface area contributed by atoms with Gasteiger partial charge in [-0.25, -0.2) is 0 Å². The first-order valence-corrected chi connectivity index (χ1v) is 7.42. The number of hydrogen-bond acceptors (Lipinski definition) is 3. The molecule has 1 heterocycles. The molecule has 0 bridgehead atoms. The van der Waals surface area contributed by atoms with Gasteiger partial charge in [-0.05, 0) is 37.1 Å². The highest BCUT2D eigenvalue weighted by atomic mass is 79.9. The van der Waals surface area contributed by atoms with Crippen molar-refractivity contribution in [1.82, 2.24) is 5.32 Å². The molecular weight excluding hydrogens is 292 g/mol. The maximum absolute atomic E-state index is 9.72. The topological polar surface area (TPSA) is 35.5 Å². The number of nitrogens with zero attached hydrogens (tertiary/aromatic N) is 1. The fraction of sp³-hybridized carbons (Fsp3) is 0.571. The molecule has 100 valence electrons. The molecule has 1 aromatic carbocycles. The van der Waals surface area contributed by atoms with Gasteiger partial charge in [-0.1, -0.05) is 28.9 Å². The molecule has 3 nitrogen and oxygen atoms in total. The van der Waals surface area contributed by atoms with Crippen LogP contribution >= 0.6 is 15.9 Å². The van der Waals surface area contributed by atoms with Crippen molar-refractivity contribution in [3.05, 3.63) is 28.2 Å². The quantitative estimate of drug-likeness (QED) is 0.897. The van der Waals surface area contributed by atoms with E-state index in [2.05, 4.69) is 51.3 Å². The highest BCUT2D eigenvalue weighted by molar-refractivity contribution is 9.10. The van der Waals surface area contributed by atoms with Crippen molar-refractivity contribution in [2.75, 3.05) is 24.5 Å². The maximum atomic E-state index is 9.72. The van der Waals surface area contributed by atoms with Gasteiger partial charge in [-0.15, -0.1) is 0 Å². The molecule has 1 aliphatic heterocycles. The lowest BCUT2D eigenvalue weighted by Gasteiger charge is -2.32. The number of anilines is 1. The highest BCUT2D eigenvalue weighted by Gasteiger charge is 2.18. The van der Waals surface area contributed by atoms with Crippen molar-refractivity contribution in [2.45, 2.75) is 32.4 Å². The van der Waals surface area contributed by atoms with Crippen LogP contribution in [-0.4, -0.2) is 30.8 Å². The third kappa shape index (κ3) is 3.46. The van der Waals surface area contributed by atoms with Gasteiger partial charge in [0, 0.05) is 29.8 Å². The van der Waals surface area contributed by atoms with Crippen LogP contribution in [0.1, 0.15) is 25.3 Å². The molecule has 1 fully saturated rings. The van der Waals surface area contributed by atoms with Gasteiger partial charge in [0.2, 0.25) is 0 Å². The minimum atomic E-state index is -0.182. The van der Waals surface area contributed by atoms with Crippen LogP contribution in [-0.2, 0) is 6.54 Å². The minimum Gasteiger partial charge on any atom is -0.391 e. The smallest absolute Gasteiger partial charge is 0.0715 e. The molecule has 0 radical (unpaired) electrons. The third-order valence-electron chi connectivity index (χ3n) is 3.36. The van der Waals surface area contributed by atoms with Crippen molar-refractivity contribution in [2.24, 2.45) is 0 Å². The fourth-order valence-electron chi connectivity index (χ4n) is 2.33. The number of benzene rings is 1. The predicted molar refractivity (Wildman–Crippen MR) is 79.0 cm³/mol. The van der Waals surface area contributed by atoms with E-state index in [9.17, 15) is 5.11 Å². The lowest BCUT2D eigenvalue weighted by atomic mass is 10.1. The largest absolute Gasteiger partial charge is 0.391 e. The van der Waals surface area contributed by atoms with E-state index < -0.39 is 0 Å². The van der Waals surface area contributed by atoms with E-state index in [-0.39, 0.29) is 6.10 Å². The first-order valence-electron chi connectivity index (χ1n) is 6.63. The summed E-state index contributed by atoms with van der Waals surface area (Å²) in [6.45, 7) is 5.76. The first-order chi connectivity index (χ1) is 8.70. The standard InChI is InChI=1S/C14H21BrN2O/c1-2-16-9-11-5-6-12(8-14(11)15)17-7-3-4-13(18)10-17/h5-6,8,13,16,18H,2-4,7,9-10H2,1H3. The Hall–Kier alpha value is -0.580. The number of aliphatic hydroxyl groups is 1. The van der Waals surface area contributed by atoms with Gasteiger partial charge in [0.25, 0.3) is 0 Å². The van der Waals surface area contributed by atoms with Crippen molar-refractivity contribution < 1.29 is 5.11 Å². The first kappa shape index (κ1) is 13.8. The lowest BCUT2D eigenvalue weighted by Crippen LogP contribution is -2.38. The van der Waals surface area contributed by atoms with E-state index >= 15 is 0 Å². The molecule has 1 unspecified atom stereocenters. The summed E-state index contributed by atoms with van der Waals surface area (Å²) in [4.78, 5) is 2.26. The summed E-state index contributed by atoms with van der Waals surface area (Å²) >= 11 is 3.63. The fourth-order valence-corrected chi connectivity index (χ4v) is 2.83. The highest BCUT2D eigenvalue weighted by Crippen LogP contribution is 2.26.